The minimum Gasteiger partial charge on any atom is -0.486 e. The first-order chi connectivity index (χ1) is 10.4. The summed E-state index contributed by atoms with van der Waals surface area (Å²) in [5.41, 5.74) is 0. The fourth-order valence-electron chi connectivity index (χ4n) is 2.99. The average molecular weight is 307 g/mol. The third kappa shape index (κ3) is 4.55. The summed E-state index contributed by atoms with van der Waals surface area (Å²) in [5.74, 6) is 2.93. The van der Waals surface area contributed by atoms with Crippen LogP contribution in [0.3, 0.4) is 0 Å². The lowest BCUT2D eigenvalue weighted by Gasteiger charge is -2.22. The van der Waals surface area contributed by atoms with E-state index in [1.54, 1.807) is 0 Å². The Balaban J connectivity index is 1.35. The lowest BCUT2D eigenvalue weighted by atomic mass is 9.95. The van der Waals surface area contributed by atoms with Gasteiger partial charge in [0.2, 0.25) is 0 Å². The van der Waals surface area contributed by atoms with Gasteiger partial charge >= 0.3 is 0 Å². The average Bonchev–Trinajstić information content (AvgIpc) is 2.55. The topological polar surface area (TPSA) is 30.5 Å². The zero-order chi connectivity index (χ0) is 14.3. The Hall–Kier alpha value is -0.870. The molecule has 1 fully saturated rings. The van der Waals surface area contributed by atoms with Gasteiger partial charge in [0.1, 0.15) is 13.2 Å². The van der Waals surface area contributed by atoms with Gasteiger partial charge in [0.05, 0.1) is 0 Å². The Morgan fingerprint density at radius 3 is 2.71 bits per heavy atom. The summed E-state index contributed by atoms with van der Waals surface area (Å²) in [7, 11) is 0. The van der Waals surface area contributed by atoms with Gasteiger partial charge in [-0.1, -0.05) is 19.3 Å². The molecule has 116 valence electrons. The maximum Gasteiger partial charge on any atom is 0.162 e. The third-order valence-electron chi connectivity index (χ3n) is 4.14. The first-order valence-electron chi connectivity index (χ1n) is 8.18. The fourth-order valence-corrected chi connectivity index (χ4v) is 3.87. The largest absolute Gasteiger partial charge is 0.486 e. The molecule has 1 N–H and O–H groups in total. The number of hydrogen-bond acceptors (Lipinski definition) is 4. The Morgan fingerprint density at radius 1 is 1.05 bits per heavy atom. The van der Waals surface area contributed by atoms with Gasteiger partial charge < -0.3 is 14.8 Å². The molecule has 0 unspecified atom stereocenters. The summed E-state index contributed by atoms with van der Waals surface area (Å²) in [6.07, 6.45) is 8.20. The smallest absolute Gasteiger partial charge is 0.162 e. The minimum absolute atomic E-state index is 0.659. The second kappa shape index (κ2) is 7.95. The molecule has 1 aliphatic heterocycles. The van der Waals surface area contributed by atoms with Gasteiger partial charge in [-0.25, -0.2) is 0 Å². The minimum atomic E-state index is 0.659. The summed E-state index contributed by atoms with van der Waals surface area (Å²) in [4.78, 5) is 1.27. The number of ether oxygens (including phenoxy) is 2. The monoisotopic (exact) mass is 307 g/mol. The van der Waals surface area contributed by atoms with E-state index in [-0.39, 0.29) is 0 Å². The molecule has 0 saturated heterocycles. The van der Waals surface area contributed by atoms with Crippen LogP contribution in [0.5, 0.6) is 11.5 Å². The SMILES string of the molecule is c1cc2c(cc1SCCCNC1CCCCC1)OCCO2. The van der Waals surface area contributed by atoms with Crippen LogP contribution in [0, 0.1) is 0 Å². The van der Waals surface area contributed by atoms with Crippen LogP contribution in [0.4, 0.5) is 0 Å². The lowest BCUT2D eigenvalue weighted by Crippen LogP contribution is -2.31. The summed E-state index contributed by atoms with van der Waals surface area (Å²) in [5, 5.41) is 3.70. The zero-order valence-corrected chi connectivity index (χ0v) is 13.4. The molecule has 0 aromatic heterocycles. The summed E-state index contributed by atoms with van der Waals surface area (Å²) in [6.45, 7) is 2.46. The van der Waals surface area contributed by atoms with Crippen LogP contribution in [0.1, 0.15) is 38.5 Å². The number of fused-ring (bicyclic) bond motifs is 1. The zero-order valence-electron chi connectivity index (χ0n) is 12.6. The van der Waals surface area contributed by atoms with Gasteiger partial charge in [-0.05, 0) is 49.8 Å². The number of thioether (sulfide) groups is 1. The van der Waals surface area contributed by atoms with Crippen LogP contribution < -0.4 is 14.8 Å². The van der Waals surface area contributed by atoms with E-state index in [1.165, 1.54) is 43.4 Å². The van der Waals surface area contributed by atoms with E-state index in [0.717, 1.165) is 29.8 Å². The van der Waals surface area contributed by atoms with Crippen LogP contribution in [0.2, 0.25) is 0 Å². The van der Waals surface area contributed by atoms with E-state index >= 15 is 0 Å². The van der Waals surface area contributed by atoms with Crippen molar-refractivity contribution < 1.29 is 9.47 Å². The van der Waals surface area contributed by atoms with Gasteiger partial charge in [0.25, 0.3) is 0 Å². The Kier molecular flexibility index (Phi) is 5.69. The highest BCUT2D eigenvalue weighted by Crippen LogP contribution is 2.34. The summed E-state index contributed by atoms with van der Waals surface area (Å²) in [6, 6.07) is 7.04. The first kappa shape index (κ1) is 15.0. The van der Waals surface area contributed by atoms with Crippen molar-refractivity contribution in [2.24, 2.45) is 0 Å². The van der Waals surface area contributed by atoms with Crippen molar-refractivity contribution in [2.75, 3.05) is 25.5 Å². The van der Waals surface area contributed by atoms with Crippen LogP contribution in [0.15, 0.2) is 23.1 Å². The number of nitrogens with one attached hydrogen (secondary N) is 1. The predicted octanol–water partition coefficient (Wildman–Crippen LogP) is 3.86. The van der Waals surface area contributed by atoms with E-state index in [9.17, 15) is 0 Å². The van der Waals surface area contributed by atoms with Crippen molar-refractivity contribution in [3.8, 4) is 11.5 Å². The van der Waals surface area contributed by atoms with E-state index in [1.807, 2.05) is 17.8 Å². The number of hydrogen-bond donors (Lipinski definition) is 1. The van der Waals surface area contributed by atoms with Gasteiger partial charge in [-0.15, -0.1) is 11.8 Å². The van der Waals surface area contributed by atoms with Gasteiger partial charge in [-0.3, -0.25) is 0 Å². The number of benzene rings is 1. The molecule has 1 aromatic rings. The second-order valence-corrected chi connectivity index (χ2v) is 6.96. The molecule has 0 atom stereocenters. The van der Waals surface area contributed by atoms with Crippen molar-refractivity contribution in [2.45, 2.75) is 49.5 Å². The molecule has 1 saturated carbocycles. The standard InChI is InChI=1S/C17H25NO2S/c1-2-5-14(6-3-1)18-9-4-12-21-15-7-8-16-17(13-15)20-11-10-19-16/h7-8,13-14,18H,1-6,9-12H2. The van der Waals surface area contributed by atoms with Crippen LogP contribution >= 0.6 is 11.8 Å². The summed E-state index contributed by atoms with van der Waals surface area (Å²) >= 11 is 1.90. The molecule has 1 aliphatic carbocycles. The highest BCUT2D eigenvalue weighted by atomic mass is 32.2. The van der Waals surface area contributed by atoms with Gasteiger partial charge in [0, 0.05) is 10.9 Å². The molecule has 2 aliphatic rings. The normalized spacial score (nSPS) is 18.7. The van der Waals surface area contributed by atoms with Crippen LogP contribution in [0.25, 0.3) is 0 Å². The lowest BCUT2D eigenvalue weighted by molar-refractivity contribution is 0.171. The molecule has 0 radical (unpaired) electrons. The molecule has 0 bridgehead atoms. The third-order valence-corrected chi connectivity index (χ3v) is 5.22. The fraction of sp³-hybridized carbons (Fsp3) is 0.647. The molecule has 4 heteroatoms. The molecular weight excluding hydrogens is 282 g/mol. The Morgan fingerprint density at radius 2 is 1.86 bits per heavy atom. The predicted molar refractivity (Wildman–Crippen MR) is 87.6 cm³/mol. The highest BCUT2D eigenvalue weighted by Gasteiger charge is 2.13. The van der Waals surface area contributed by atoms with Crippen LogP contribution in [-0.4, -0.2) is 31.6 Å². The molecule has 0 spiro atoms. The van der Waals surface area contributed by atoms with Gasteiger partial charge in [-0.2, -0.15) is 0 Å². The molecule has 21 heavy (non-hydrogen) atoms. The van der Waals surface area contributed by atoms with Gasteiger partial charge in [0.15, 0.2) is 11.5 Å². The van der Waals surface area contributed by atoms with E-state index < -0.39 is 0 Å². The van der Waals surface area contributed by atoms with E-state index in [0.29, 0.717) is 13.2 Å². The van der Waals surface area contributed by atoms with Crippen molar-refractivity contribution in [1.82, 2.24) is 5.32 Å². The van der Waals surface area contributed by atoms with Crippen molar-refractivity contribution in [3.05, 3.63) is 18.2 Å². The molecule has 3 rings (SSSR count). The highest BCUT2D eigenvalue weighted by molar-refractivity contribution is 7.99. The molecule has 1 aromatic carbocycles. The second-order valence-electron chi connectivity index (χ2n) is 5.80. The molecular formula is C17H25NO2S. The molecule has 3 nitrogen and oxygen atoms in total. The Bertz CT molecular complexity index is 446. The van der Waals surface area contributed by atoms with Crippen molar-refractivity contribution in [3.63, 3.8) is 0 Å². The first-order valence-corrected chi connectivity index (χ1v) is 9.16. The molecule has 1 heterocycles. The maximum absolute atomic E-state index is 5.62. The quantitative estimate of drug-likeness (QED) is 0.638. The number of rotatable bonds is 6. The van der Waals surface area contributed by atoms with E-state index in [2.05, 4.69) is 17.4 Å². The van der Waals surface area contributed by atoms with Crippen LogP contribution in [-0.2, 0) is 0 Å². The molecule has 0 amide bonds. The van der Waals surface area contributed by atoms with Crippen molar-refractivity contribution >= 4 is 11.8 Å². The summed E-state index contributed by atoms with van der Waals surface area (Å²) < 4.78 is 11.2. The Labute approximate surface area is 131 Å². The maximum atomic E-state index is 5.62. The van der Waals surface area contributed by atoms with E-state index in [4.69, 9.17) is 9.47 Å². The van der Waals surface area contributed by atoms with Crippen molar-refractivity contribution in [1.29, 1.82) is 0 Å².